The van der Waals surface area contributed by atoms with Crippen LogP contribution >= 0.6 is 15.6 Å². The summed E-state index contributed by atoms with van der Waals surface area (Å²) in [6.07, 6.45) is 71.7. The molecule has 570 valence electrons. The molecule has 19 heteroatoms. The summed E-state index contributed by atoms with van der Waals surface area (Å²) in [5, 5.41) is 10.6. The van der Waals surface area contributed by atoms with Gasteiger partial charge in [-0.15, -0.1) is 0 Å². The first kappa shape index (κ1) is 94.5. The van der Waals surface area contributed by atoms with Crippen LogP contribution in [0.25, 0.3) is 0 Å². The summed E-state index contributed by atoms with van der Waals surface area (Å²) in [6.45, 7) is 4.71. The summed E-state index contributed by atoms with van der Waals surface area (Å²) in [5.41, 5.74) is 0. The molecule has 0 saturated carbocycles. The fourth-order valence-corrected chi connectivity index (χ4v) is 12.3. The normalized spacial score (nSPS) is 14.3. The fourth-order valence-electron chi connectivity index (χ4n) is 10.7. The Bertz CT molecular complexity index is 2140. The SMILES string of the molecule is CC/C=C\C/C=C\C/C=C\CCCCCCCCCC(=O)OCC(COP(=O)(O)OCC(O)COP(=O)(O)OCC(COC(=O)CCCCCCC/C=C\CCCCCCCC)OC(=O)CCCCCCC/C=C\C/C=C\CCC)OC(=O)CCCCCCCCCCCCCCC. The lowest BCUT2D eigenvalue weighted by Gasteiger charge is -2.21. The van der Waals surface area contributed by atoms with Gasteiger partial charge in [0, 0.05) is 25.7 Å². The number of phosphoric ester groups is 2. The van der Waals surface area contributed by atoms with E-state index in [4.69, 9.17) is 37.0 Å². The molecular weight excluding hydrogens is 1280 g/mol. The first-order valence-corrected chi connectivity index (χ1v) is 42.2. The lowest BCUT2D eigenvalue weighted by Crippen LogP contribution is -2.30. The van der Waals surface area contributed by atoms with Crippen LogP contribution in [0.4, 0.5) is 0 Å². The number of ether oxygens (including phenoxy) is 4. The number of carbonyl (C=O) groups excluding carboxylic acids is 4. The molecule has 0 saturated heterocycles. The van der Waals surface area contributed by atoms with E-state index in [1.54, 1.807) is 0 Å². The molecule has 3 N–H and O–H groups in total. The highest BCUT2D eigenvalue weighted by Crippen LogP contribution is 2.45. The second-order valence-electron chi connectivity index (χ2n) is 26.3. The molecule has 0 fully saturated rings. The molecule has 0 aromatic rings. The van der Waals surface area contributed by atoms with Crippen LogP contribution in [-0.2, 0) is 65.4 Å². The summed E-state index contributed by atoms with van der Waals surface area (Å²) in [5.74, 6) is -2.18. The van der Waals surface area contributed by atoms with E-state index in [0.717, 1.165) is 180 Å². The number of aliphatic hydroxyl groups is 1. The van der Waals surface area contributed by atoms with Crippen molar-refractivity contribution < 1.29 is 80.2 Å². The van der Waals surface area contributed by atoms with Gasteiger partial charge in [-0.05, 0) is 109 Å². The van der Waals surface area contributed by atoms with Gasteiger partial charge in [0.1, 0.15) is 19.3 Å². The standard InChI is InChI=1S/C79H142O17P2/c1-5-9-13-17-21-25-29-33-35-36-38-42-44-48-52-56-60-64-77(82)90-70-75(96-79(84)66-62-58-54-50-46-40-32-28-24-20-16-12-8-4)72-94-98(87,88)92-68-73(80)67-91-97(85,86)93-71-74(95-78(83)65-61-57-53-49-45-39-31-27-23-19-15-11-7-3)69-89-76(81)63-59-55-51-47-43-41-37-34-30-26-22-18-14-10-6-2/h9,13,15,19,21,25,27,31,33-35,37,73-75,80H,5-8,10-12,14,16-18,20,22-24,26,28-30,32,36,38-72H2,1-4H3,(H,85,86)(H,87,88)/b13-9-,19-15-,25-21-,31-27-,35-33-,37-34-. The second kappa shape index (κ2) is 71.9. The molecule has 0 aliphatic rings. The Morgan fingerprint density at radius 1 is 0.296 bits per heavy atom. The number of hydrogen-bond donors (Lipinski definition) is 3. The minimum atomic E-state index is -4.97. The van der Waals surface area contributed by atoms with Gasteiger partial charge < -0.3 is 33.8 Å². The highest BCUT2D eigenvalue weighted by Gasteiger charge is 2.30. The highest BCUT2D eigenvalue weighted by molar-refractivity contribution is 7.47. The number of hydrogen-bond acceptors (Lipinski definition) is 15. The Labute approximate surface area is 596 Å². The van der Waals surface area contributed by atoms with Crippen LogP contribution in [-0.4, -0.2) is 96.7 Å². The van der Waals surface area contributed by atoms with E-state index in [0.29, 0.717) is 25.7 Å². The monoisotopic (exact) mass is 1420 g/mol. The Hall–Kier alpha value is -3.50. The van der Waals surface area contributed by atoms with Gasteiger partial charge in [0.05, 0.1) is 26.4 Å². The van der Waals surface area contributed by atoms with Gasteiger partial charge in [0.15, 0.2) is 12.2 Å². The minimum absolute atomic E-state index is 0.0802. The van der Waals surface area contributed by atoms with Crippen molar-refractivity contribution in [3.63, 3.8) is 0 Å². The molecule has 0 heterocycles. The Kier molecular flexibility index (Phi) is 69.3. The molecular formula is C79H142O17P2. The quantitative estimate of drug-likeness (QED) is 0.0169. The molecule has 5 unspecified atom stereocenters. The molecule has 17 nitrogen and oxygen atoms in total. The van der Waals surface area contributed by atoms with Crippen LogP contribution < -0.4 is 0 Å². The number of allylic oxidation sites excluding steroid dienone is 12. The molecule has 0 amide bonds. The molecule has 0 rings (SSSR count). The summed E-state index contributed by atoms with van der Waals surface area (Å²) in [4.78, 5) is 72.9. The van der Waals surface area contributed by atoms with Crippen molar-refractivity contribution >= 4 is 39.5 Å². The number of phosphoric acid groups is 2. The fraction of sp³-hybridized carbons (Fsp3) is 0.797. The second-order valence-corrected chi connectivity index (χ2v) is 29.2. The van der Waals surface area contributed by atoms with Crippen LogP contribution in [0.2, 0.25) is 0 Å². The Morgan fingerprint density at radius 3 is 0.867 bits per heavy atom. The van der Waals surface area contributed by atoms with E-state index in [1.165, 1.54) is 89.9 Å². The van der Waals surface area contributed by atoms with Gasteiger partial charge in [-0.25, -0.2) is 9.13 Å². The summed E-state index contributed by atoms with van der Waals surface area (Å²) >= 11 is 0. The smallest absolute Gasteiger partial charge is 0.462 e. The molecule has 0 aromatic carbocycles. The maximum atomic E-state index is 13.1. The number of esters is 4. The Balaban J connectivity index is 5.32. The molecule has 98 heavy (non-hydrogen) atoms. The molecule has 0 aliphatic carbocycles. The van der Waals surface area contributed by atoms with Gasteiger partial charge in [-0.3, -0.25) is 37.3 Å². The van der Waals surface area contributed by atoms with Crippen molar-refractivity contribution in [2.75, 3.05) is 39.6 Å². The molecule has 0 aliphatic heterocycles. The lowest BCUT2D eigenvalue weighted by atomic mass is 10.0. The maximum absolute atomic E-state index is 13.1. The number of carbonyl (C=O) groups is 4. The third kappa shape index (κ3) is 70.9. The summed E-state index contributed by atoms with van der Waals surface area (Å²) in [7, 11) is -9.94. The largest absolute Gasteiger partial charge is 0.472 e. The van der Waals surface area contributed by atoms with Crippen LogP contribution in [0.1, 0.15) is 349 Å². The number of rotatable bonds is 74. The first-order valence-electron chi connectivity index (χ1n) is 39.2. The average molecular weight is 1430 g/mol. The van der Waals surface area contributed by atoms with Crippen LogP contribution in [0, 0.1) is 0 Å². The molecule has 0 aromatic heterocycles. The van der Waals surface area contributed by atoms with E-state index < -0.39 is 97.5 Å². The summed E-state index contributed by atoms with van der Waals surface area (Å²) in [6, 6.07) is 0. The Morgan fingerprint density at radius 2 is 0.551 bits per heavy atom. The first-order chi connectivity index (χ1) is 47.7. The van der Waals surface area contributed by atoms with Gasteiger partial charge in [-0.2, -0.15) is 0 Å². The lowest BCUT2D eigenvalue weighted by molar-refractivity contribution is -0.161. The van der Waals surface area contributed by atoms with Crippen molar-refractivity contribution in [2.45, 2.75) is 367 Å². The molecule has 5 atom stereocenters. The van der Waals surface area contributed by atoms with Gasteiger partial charge >= 0.3 is 39.5 Å². The zero-order valence-corrected chi connectivity index (χ0v) is 64.0. The maximum Gasteiger partial charge on any atom is 0.472 e. The van der Waals surface area contributed by atoms with Crippen LogP contribution in [0.15, 0.2) is 72.9 Å². The summed E-state index contributed by atoms with van der Waals surface area (Å²) < 4.78 is 68.5. The van der Waals surface area contributed by atoms with Crippen molar-refractivity contribution in [3.05, 3.63) is 72.9 Å². The van der Waals surface area contributed by atoms with E-state index in [-0.39, 0.29) is 25.7 Å². The van der Waals surface area contributed by atoms with Crippen LogP contribution in [0.3, 0.4) is 0 Å². The minimum Gasteiger partial charge on any atom is -0.462 e. The third-order valence-electron chi connectivity index (χ3n) is 16.6. The zero-order valence-electron chi connectivity index (χ0n) is 62.2. The molecule has 0 radical (unpaired) electrons. The van der Waals surface area contributed by atoms with Gasteiger partial charge in [0.2, 0.25) is 0 Å². The third-order valence-corrected chi connectivity index (χ3v) is 18.5. The highest BCUT2D eigenvalue weighted by atomic mass is 31.2. The van der Waals surface area contributed by atoms with E-state index in [1.807, 2.05) is 0 Å². The van der Waals surface area contributed by atoms with Crippen molar-refractivity contribution in [1.82, 2.24) is 0 Å². The van der Waals surface area contributed by atoms with Crippen molar-refractivity contribution in [1.29, 1.82) is 0 Å². The van der Waals surface area contributed by atoms with Crippen molar-refractivity contribution in [3.8, 4) is 0 Å². The predicted octanol–water partition coefficient (Wildman–Crippen LogP) is 22.4. The van der Waals surface area contributed by atoms with Gasteiger partial charge in [0.25, 0.3) is 0 Å². The van der Waals surface area contributed by atoms with E-state index in [9.17, 15) is 43.2 Å². The van der Waals surface area contributed by atoms with E-state index >= 15 is 0 Å². The van der Waals surface area contributed by atoms with Crippen molar-refractivity contribution in [2.24, 2.45) is 0 Å². The van der Waals surface area contributed by atoms with Crippen LogP contribution in [0.5, 0.6) is 0 Å². The molecule has 0 spiro atoms. The topological polar surface area (TPSA) is 237 Å². The van der Waals surface area contributed by atoms with E-state index in [2.05, 4.69) is 101 Å². The molecule has 0 bridgehead atoms. The van der Waals surface area contributed by atoms with Gasteiger partial charge in [-0.1, -0.05) is 287 Å². The predicted molar refractivity (Wildman–Crippen MR) is 400 cm³/mol. The zero-order chi connectivity index (χ0) is 71.8. The number of unbranched alkanes of at least 4 members (excludes halogenated alkanes) is 36. The average Bonchev–Trinajstić information content (AvgIpc) is 0.969. The number of aliphatic hydroxyl groups excluding tert-OH is 1.